The second-order valence-corrected chi connectivity index (χ2v) is 8.10. The second kappa shape index (κ2) is 5.88. The number of rotatable bonds is 5. The molecule has 0 radical (unpaired) electrons. The van der Waals surface area contributed by atoms with Crippen LogP contribution >= 0.6 is 0 Å². The highest BCUT2D eigenvalue weighted by Crippen LogP contribution is 2.58. The van der Waals surface area contributed by atoms with Crippen LogP contribution in [0.3, 0.4) is 0 Å². The number of benzene rings is 1. The van der Waals surface area contributed by atoms with Gasteiger partial charge in [0.25, 0.3) is 5.09 Å². The molecule has 0 heterocycles. The lowest BCUT2D eigenvalue weighted by Gasteiger charge is -2.53. The first-order chi connectivity index (χ1) is 11.3. The van der Waals surface area contributed by atoms with Crippen molar-refractivity contribution in [1.82, 2.24) is 0 Å². The smallest absolute Gasteiger partial charge is 0.295 e. The minimum Gasteiger partial charge on any atom is -0.330 e. The summed E-state index contributed by atoms with van der Waals surface area (Å²) in [5.41, 5.74) is 7.66. The Morgan fingerprint density at radius 3 is 2.54 bits per heavy atom. The molecule has 0 saturated heterocycles. The molecular formula is C19H26N2O3. The van der Waals surface area contributed by atoms with Crippen LogP contribution in [-0.4, -0.2) is 17.2 Å². The summed E-state index contributed by atoms with van der Waals surface area (Å²) in [7, 11) is 0. The van der Waals surface area contributed by atoms with Gasteiger partial charge < -0.3 is 10.6 Å². The van der Waals surface area contributed by atoms with Gasteiger partial charge in [-0.05, 0) is 62.0 Å². The Balaban J connectivity index is 2.00. The highest BCUT2D eigenvalue weighted by Gasteiger charge is 2.51. The van der Waals surface area contributed by atoms with Crippen molar-refractivity contribution in [2.75, 3.05) is 6.54 Å². The van der Waals surface area contributed by atoms with E-state index in [4.69, 9.17) is 10.6 Å². The summed E-state index contributed by atoms with van der Waals surface area (Å²) in [4.78, 5) is 16.0. The van der Waals surface area contributed by atoms with Crippen LogP contribution in [0.25, 0.3) is 0 Å². The van der Waals surface area contributed by atoms with Gasteiger partial charge in [0.05, 0.1) is 0 Å². The number of hydrogen-bond acceptors (Lipinski definition) is 4. The van der Waals surface area contributed by atoms with E-state index in [9.17, 15) is 10.1 Å². The minimum absolute atomic E-state index is 0.0353. The largest absolute Gasteiger partial charge is 0.330 e. The first-order valence-electron chi connectivity index (χ1n) is 8.58. The fraction of sp³-hybridized carbons (Fsp3) is 0.579. The average Bonchev–Trinajstić information content (AvgIpc) is 2.45. The monoisotopic (exact) mass is 330 g/mol. The van der Waals surface area contributed by atoms with Gasteiger partial charge in [0.1, 0.15) is 5.60 Å². The molecule has 5 nitrogen and oxygen atoms in total. The third kappa shape index (κ3) is 3.18. The maximum absolute atomic E-state index is 10.9. The van der Waals surface area contributed by atoms with Gasteiger partial charge in [-0.15, -0.1) is 10.1 Å². The normalized spacial score (nSPS) is 35.2. The van der Waals surface area contributed by atoms with Gasteiger partial charge in [0, 0.05) is 0 Å². The summed E-state index contributed by atoms with van der Waals surface area (Å²) in [6.07, 6.45) is 6.37. The van der Waals surface area contributed by atoms with Crippen LogP contribution in [0.4, 0.5) is 0 Å². The molecule has 2 aliphatic rings. The molecule has 3 rings (SSSR count). The summed E-state index contributed by atoms with van der Waals surface area (Å²) in [6.45, 7) is 4.72. The van der Waals surface area contributed by atoms with Crippen LogP contribution in [0.5, 0.6) is 0 Å². The zero-order chi connectivity index (χ0) is 17.4. The lowest BCUT2D eigenvalue weighted by molar-refractivity contribution is -0.777. The highest BCUT2D eigenvalue weighted by molar-refractivity contribution is 5.34. The van der Waals surface area contributed by atoms with Gasteiger partial charge in [-0.25, -0.2) is 0 Å². The summed E-state index contributed by atoms with van der Waals surface area (Å²) in [5, 5.41) is 10.3. The van der Waals surface area contributed by atoms with Crippen molar-refractivity contribution in [2.24, 2.45) is 11.1 Å². The van der Waals surface area contributed by atoms with Gasteiger partial charge >= 0.3 is 0 Å². The van der Waals surface area contributed by atoms with Gasteiger partial charge in [0.15, 0.2) is 0 Å². The molecule has 1 fully saturated rings. The first kappa shape index (κ1) is 17.0. The molecule has 0 aromatic heterocycles. The predicted octanol–water partition coefficient (Wildman–Crippen LogP) is 3.76. The molecule has 24 heavy (non-hydrogen) atoms. The Bertz CT molecular complexity index is 660. The average molecular weight is 330 g/mol. The molecule has 2 bridgehead atoms. The van der Waals surface area contributed by atoms with Crippen molar-refractivity contribution in [2.45, 2.75) is 57.0 Å². The van der Waals surface area contributed by atoms with Crippen molar-refractivity contribution in [3.05, 3.63) is 57.7 Å². The molecule has 1 saturated carbocycles. The van der Waals surface area contributed by atoms with E-state index in [0.717, 1.165) is 25.7 Å². The zero-order valence-corrected chi connectivity index (χ0v) is 14.5. The van der Waals surface area contributed by atoms with E-state index in [-0.39, 0.29) is 10.8 Å². The maximum Gasteiger partial charge on any atom is 0.295 e. The van der Waals surface area contributed by atoms with Crippen molar-refractivity contribution in [3.8, 4) is 0 Å². The van der Waals surface area contributed by atoms with Crippen molar-refractivity contribution < 1.29 is 9.92 Å². The summed E-state index contributed by atoms with van der Waals surface area (Å²) in [5.74, 6) is 0. The summed E-state index contributed by atoms with van der Waals surface area (Å²) < 4.78 is 0. The van der Waals surface area contributed by atoms with E-state index < -0.39 is 10.7 Å². The Morgan fingerprint density at radius 1 is 1.21 bits per heavy atom. The Labute approximate surface area is 143 Å². The lowest BCUT2D eigenvalue weighted by atomic mass is 9.52. The SMILES string of the molecule is CC1(O[N+](=O)[O-])C=C2CC(CCN)(C1)CC(C)(c1ccccc1)C2. The van der Waals surface area contributed by atoms with E-state index in [1.54, 1.807) is 0 Å². The summed E-state index contributed by atoms with van der Waals surface area (Å²) >= 11 is 0. The van der Waals surface area contributed by atoms with Gasteiger partial charge in [-0.1, -0.05) is 48.9 Å². The van der Waals surface area contributed by atoms with Crippen LogP contribution in [0.15, 0.2) is 42.0 Å². The summed E-state index contributed by atoms with van der Waals surface area (Å²) in [6, 6.07) is 10.6. The number of hydrogen-bond donors (Lipinski definition) is 1. The van der Waals surface area contributed by atoms with Crippen molar-refractivity contribution >= 4 is 0 Å². The third-order valence-electron chi connectivity index (χ3n) is 5.65. The molecule has 130 valence electrons. The molecule has 1 aromatic carbocycles. The molecule has 0 spiro atoms. The number of fused-ring (bicyclic) bond motifs is 2. The fourth-order valence-corrected chi connectivity index (χ4v) is 5.30. The van der Waals surface area contributed by atoms with Crippen LogP contribution in [-0.2, 0) is 10.3 Å². The van der Waals surface area contributed by atoms with Crippen LogP contribution in [0, 0.1) is 15.5 Å². The van der Waals surface area contributed by atoms with E-state index >= 15 is 0 Å². The zero-order valence-electron chi connectivity index (χ0n) is 14.5. The predicted molar refractivity (Wildman–Crippen MR) is 92.9 cm³/mol. The van der Waals surface area contributed by atoms with E-state index in [0.29, 0.717) is 13.0 Å². The molecule has 2 aliphatic carbocycles. The quantitative estimate of drug-likeness (QED) is 0.506. The number of nitrogens with zero attached hydrogens (tertiary/aromatic N) is 1. The molecule has 0 amide bonds. The fourth-order valence-electron chi connectivity index (χ4n) is 5.30. The van der Waals surface area contributed by atoms with Crippen molar-refractivity contribution in [1.29, 1.82) is 0 Å². The first-order valence-corrected chi connectivity index (χ1v) is 8.58. The van der Waals surface area contributed by atoms with Gasteiger partial charge in [-0.2, -0.15) is 0 Å². The molecule has 3 atom stereocenters. The topological polar surface area (TPSA) is 78.4 Å². The highest BCUT2D eigenvalue weighted by atomic mass is 17.0. The van der Waals surface area contributed by atoms with E-state index in [2.05, 4.69) is 31.2 Å². The maximum atomic E-state index is 10.9. The second-order valence-electron chi connectivity index (χ2n) is 8.10. The molecule has 1 aromatic rings. The van der Waals surface area contributed by atoms with Crippen molar-refractivity contribution in [3.63, 3.8) is 0 Å². The Hall–Kier alpha value is -1.88. The molecule has 0 aliphatic heterocycles. The molecule has 2 N–H and O–H groups in total. The third-order valence-corrected chi connectivity index (χ3v) is 5.65. The van der Waals surface area contributed by atoms with Crippen LogP contribution in [0.2, 0.25) is 0 Å². The number of allylic oxidation sites excluding steroid dienone is 1. The van der Waals surface area contributed by atoms with Gasteiger partial charge in [0.2, 0.25) is 0 Å². The molecule has 3 unspecified atom stereocenters. The Kier molecular flexibility index (Phi) is 4.16. The molecular weight excluding hydrogens is 304 g/mol. The van der Waals surface area contributed by atoms with Gasteiger partial charge in [-0.3, -0.25) is 0 Å². The standard InChI is InChI=1S/C19H26N2O3/c1-17(16-6-4-3-5-7-16)10-15-11-18(2,24-21(22)23)14-19(12-15,13-17)8-9-20/h3-7,11H,8-10,12-14,20H2,1-2H3. The lowest BCUT2D eigenvalue weighted by Crippen LogP contribution is -2.48. The Morgan fingerprint density at radius 2 is 1.92 bits per heavy atom. The van der Waals surface area contributed by atoms with Crippen LogP contribution < -0.4 is 5.73 Å². The van der Waals surface area contributed by atoms with Crippen LogP contribution in [0.1, 0.15) is 51.5 Å². The molecule has 5 heteroatoms. The minimum atomic E-state index is -0.843. The number of nitrogens with two attached hydrogens (primary N) is 1. The van der Waals surface area contributed by atoms with E-state index in [1.165, 1.54) is 11.1 Å². The van der Waals surface area contributed by atoms with E-state index in [1.807, 2.05) is 19.1 Å².